The molecule has 1 heterocycles. The third-order valence-corrected chi connectivity index (χ3v) is 11.9. The Morgan fingerprint density at radius 1 is 1.03 bits per heavy atom. The van der Waals surface area contributed by atoms with Crippen molar-refractivity contribution < 1.29 is 5.11 Å². The molecule has 3 aliphatic carbocycles. The Morgan fingerprint density at radius 3 is 2.39 bits per heavy atom. The topological polar surface area (TPSA) is 38.0 Å². The molecule has 38 heavy (non-hydrogen) atoms. The molecular weight excluding hydrogens is 464 g/mol. The van der Waals surface area contributed by atoms with Crippen LogP contribution >= 0.6 is 0 Å². The van der Waals surface area contributed by atoms with E-state index in [-0.39, 0.29) is 5.41 Å². The van der Waals surface area contributed by atoms with Gasteiger partial charge in [0.1, 0.15) is 0 Å². The molecule has 0 aliphatic heterocycles. The summed E-state index contributed by atoms with van der Waals surface area (Å²) in [5, 5.41) is 16.5. The van der Waals surface area contributed by atoms with E-state index in [1.54, 1.807) is 0 Å². The van der Waals surface area contributed by atoms with E-state index in [0.29, 0.717) is 23.3 Å². The maximum atomic E-state index is 11.9. The van der Waals surface area contributed by atoms with Crippen molar-refractivity contribution in [1.29, 1.82) is 0 Å². The number of rotatable bonds is 9. The van der Waals surface area contributed by atoms with Crippen LogP contribution < -0.4 is 0 Å². The average molecular weight is 525 g/mol. The van der Waals surface area contributed by atoms with E-state index in [2.05, 4.69) is 58.5 Å². The van der Waals surface area contributed by atoms with Crippen molar-refractivity contribution in [3.05, 3.63) is 18.0 Å². The number of nitrogens with zero attached hydrogens (tertiary/aromatic N) is 2. The summed E-state index contributed by atoms with van der Waals surface area (Å²) in [6.45, 7) is 21.0. The first kappa shape index (κ1) is 31.3. The van der Waals surface area contributed by atoms with Crippen LogP contribution in [0, 0.1) is 51.8 Å². The summed E-state index contributed by atoms with van der Waals surface area (Å²) in [6, 6.07) is 0. The van der Waals surface area contributed by atoms with E-state index < -0.39 is 5.60 Å². The van der Waals surface area contributed by atoms with Crippen LogP contribution in [0.2, 0.25) is 0 Å². The first-order chi connectivity index (χ1) is 18.1. The summed E-state index contributed by atoms with van der Waals surface area (Å²) in [4.78, 5) is 0. The fourth-order valence-electron chi connectivity index (χ4n) is 10.4. The van der Waals surface area contributed by atoms with Gasteiger partial charge >= 0.3 is 0 Å². The van der Waals surface area contributed by atoms with E-state index >= 15 is 0 Å². The van der Waals surface area contributed by atoms with Crippen LogP contribution in [0.4, 0.5) is 0 Å². The van der Waals surface area contributed by atoms with Gasteiger partial charge in [0.05, 0.1) is 23.9 Å². The van der Waals surface area contributed by atoms with Crippen molar-refractivity contribution in [1.82, 2.24) is 9.78 Å². The molecule has 0 bridgehead atoms. The lowest BCUT2D eigenvalue weighted by atomic mass is 9.40. The maximum Gasteiger partial charge on any atom is 0.0848 e. The monoisotopic (exact) mass is 524 g/mol. The normalized spacial score (nSPS) is 37.6. The summed E-state index contributed by atoms with van der Waals surface area (Å²) in [5.41, 5.74) is 1.39. The van der Waals surface area contributed by atoms with Gasteiger partial charge in [-0.1, -0.05) is 73.6 Å². The zero-order valence-electron chi connectivity index (χ0n) is 26.5. The Balaban J connectivity index is 0.00000195. The molecular formula is C35H60N2O. The van der Waals surface area contributed by atoms with Gasteiger partial charge in [-0.15, -0.1) is 5.92 Å². The summed E-state index contributed by atoms with van der Waals surface area (Å²) in [6.07, 6.45) is 19.9. The van der Waals surface area contributed by atoms with Crippen molar-refractivity contribution in [2.75, 3.05) is 0 Å². The molecule has 3 fully saturated rings. The molecule has 0 amide bonds. The molecule has 3 nitrogen and oxygen atoms in total. The highest BCUT2D eigenvalue weighted by Gasteiger charge is 2.64. The first-order valence-corrected chi connectivity index (χ1v) is 16.3. The predicted molar refractivity (Wildman–Crippen MR) is 162 cm³/mol. The Labute approximate surface area is 235 Å². The molecule has 3 aliphatic rings. The molecule has 3 saturated carbocycles. The Hall–Kier alpha value is -1.27. The van der Waals surface area contributed by atoms with Crippen LogP contribution in [-0.4, -0.2) is 20.5 Å². The van der Waals surface area contributed by atoms with E-state index in [9.17, 15) is 5.11 Å². The maximum absolute atomic E-state index is 11.9. The van der Waals surface area contributed by atoms with Gasteiger partial charge in [0.25, 0.3) is 0 Å². The number of aromatic nitrogens is 2. The lowest BCUT2D eigenvalue weighted by molar-refractivity contribution is -0.165. The largest absolute Gasteiger partial charge is 0.388 e. The molecule has 0 saturated heterocycles. The van der Waals surface area contributed by atoms with Crippen molar-refractivity contribution in [2.24, 2.45) is 39.9 Å². The van der Waals surface area contributed by atoms with E-state index in [0.717, 1.165) is 29.7 Å². The lowest BCUT2D eigenvalue weighted by Crippen LogP contribution is -2.58. The van der Waals surface area contributed by atoms with Gasteiger partial charge in [0.15, 0.2) is 0 Å². The third-order valence-electron chi connectivity index (χ3n) is 11.9. The van der Waals surface area contributed by atoms with Crippen molar-refractivity contribution >= 4 is 0 Å². The molecule has 1 N–H and O–H groups in total. The van der Waals surface area contributed by atoms with Crippen LogP contribution in [0.3, 0.4) is 0 Å². The highest BCUT2D eigenvalue weighted by atomic mass is 16.3. The van der Waals surface area contributed by atoms with Crippen molar-refractivity contribution in [2.45, 2.75) is 152 Å². The second kappa shape index (κ2) is 12.5. The van der Waals surface area contributed by atoms with Gasteiger partial charge < -0.3 is 5.11 Å². The van der Waals surface area contributed by atoms with Gasteiger partial charge in [-0.2, -0.15) is 5.10 Å². The second-order valence-corrected chi connectivity index (χ2v) is 13.7. The lowest BCUT2D eigenvalue weighted by Gasteiger charge is -2.65. The fraction of sp³-hybridized carbons (Fsp3) is 0.857. The third kappa shape index (κ3) is 5.38. The van der Waals surface area contributed by atoms with Crippen LogP contribution in [0.25, 0.3) is 0 Å². The number of fused-ring (bicyclic) bond motifs is 3. The molecule has 216 valence electrons. The Bertz CT molecular complexity index is 953. The zero-order chi connectivity index (χ0) is 28.2. The van der Waals surface area contributed by atoms with Crippen LogP contribution in [0.15, 0.2) is 12.4 Å². The minimum Gasteiger partial charge on any atom is -0.388 e. The van der Waals surface area contributed by atoms with Crippen LogP contribution in [-0.2, 0) is 6.54 Å². The van der Waals surface area contributed by atoms with E-state index in [4.69, 9.17) is 0 Å². The van der Waals surface area contributed by atoms with Gasteiger partial charge in [0, 0.05) is 6.20 Å². The average Bonchev–Trinajstić information content (AvgIpc) is 3.49. The van der Waals surface area contributed by atoms with Crippen LogP contribution in [0.5, 0.6) is 0 Å². The molecule has 0 spiro atoms. The van der Waals surface area contributed by atoms with Crippen molar-refractivity contribution in [3.63, 3.8) is 0 Å². The second-order valence-electron chi connectivity index (χ2n) is 13.7. The summed E-state index contributed by atoms with van der Waals surface area (Å²) in [7, 11) is 0. The number of aliphatic hydroxyl groups is 1. The number of hydrogen-bond acceptors (Lipinski definition) is 2. The van der Waals surface area contributed by atoms with Gasteiger partial charge in [-0.05, 0) is 112 Å². The summed E-state index contributed by atoms with van der Waals surface area (Å²) >= 11 is 0. The zero-order valence-corrected chi connectivity index (χ0v) is 26.5. The molecule has 0 radical (unpaired) electrons. The summed E-state index contributed by atoms with van der Waals surface area (Å²) < 4.78 is 1.92. The number of unbranched alkanes of at least 4 members (excludes halogenated alkanes) is 1. The van der Waals surface area contributed by atoms with E-state index in [1.165, 1.54) is 70.6 Å². The van der Waals surface area contributed by atoms with Gasteiger partial charge in [0.2, 0.25) is 0 Å². The molecule has 8 unspecified atom stereocenters. The summed E-state index contributed by atoms with van der Waals surface area (Å²) in [5.74, 6) is 8.83. The molecule has 0 aromatic carbocycles. The molecule has 3 heteroatoms. The number of hydrogen-bond donors (Lipinski definition) is 1. The van der Waals surface area contributed by atoms with Gasteiger partial charge in [-0.3, -0.25) is 4.68 Å². The predicted octanol–water partition coefficient (Wildman–Crippen LogP) is 9.28. The highest BCUT2D eigenvalue weighted by molar-refractivity contribution is 5.29. The molecule has 8 atom stereocenters. The minimum atomic E-state index is -0.755. The fourth-order valence-corrected chi connectivity index (χ4v) is 10.4. The minimum absolute atomic E-state index is 0.229. The highest BCUT2D eigenvalue weighted by Crippen LogP contribution is 2.71. The van der Waals surface area contributed by atoms with E-state index in [1.807, 2.05) is 37.8 Å². The van der Waals surface area contributed by atoms with Gasteiger partial charge in [-0.25, -0.2) is 0 Å². The SMILES string of the molecule is CC.CC#Cc1cnn(CC(C)(O)C2CCC3C4CCC(C)(CCCC)C(CC)(CCC)C4CCC32C)c1. The van der Waals surface area contributed by atoms with Crippen LogP contribution in [0.1, 0.15) is 145 Å². The first-order valence-electron chi connectivity index (χ1n) is 16.3. The molecule has 4 rings (SSSR count). The Morgan fingerprint density at radius 2 is 1.76 bits per heavy atom. The molecule has 1 aromatic heterocycles. The Kier molecular flexibility index (Phi) is 10.3. The molecule has 1 aromatic rings. The quantitative estimate of drug-likeness (QED) is 0.327. The smallest absolute Gasteiger partial charge is 0.0848 e. The standard InChI is InChI=1S/C33H54N2O.C2H6/c1-8-12-19-30(5)20-16-26-27-14-15-29(32(7,36)24-35-23-25(13-9-2)22-34-35)31(27,6)21-17-28(26)33(30,11-4)18-10-3;1-2/h22-23,26-29,36H,8,10-12,14-21,24H2,1-7H3;1-2H3. The van der Waals surface area contributed by atoms with Crippen molar-refractivity contribution in [3.8, 4) is 11.8 Å².